The maximum absolute atomic E-state index is 8.64. The molecule has 96 valence electrons. The molecule has 5 nitrogen and oxygen atoms in total. The minimum atomic E-state index is 0.267. The van der Waals surface area contributed by atoms with Gasteiger partial charge in [-0.2, -0.15) is 0 Å². The molecule has 0 aliphatic rings. The average molecular weight is 260 g/mol. The van der Waals surface area contributed by atoms with Gasteiger partial charge in [0.25, 0.3) is 0 Å². The summed E-state index contributed by atoms with van der Waals surface area (Å²) < 4.78 is 5.12. The van der Waals surface area contributed by atoms with Crippen LogP contribution >= 0.6 is 11.6 Å². The maximum atomic E-state index is 8.64. The number of aromatic nitrogens is 2. The van der Waals surface area contributed by atoms with Gasteiger partial charge in [0, 0.05) is 13.2 Å². The van der Waals surface area contributed by atoms with Crippen LogP contribution in [0.15, 0.2) is 6.33 Å². The molecule has 0 saturated carbocycles. The number of halogens is 1. The molecule has 0 unspecified atom stereocenters. The summed E-state index contributed by atoms with van der Waals surface area (Å²) in [5.41, 5.74) is 0. The smallest absolute Gasteiger partial charge is 0.198 e. The third-order valence-corrected chi connectivity index (χ3v) is 2.61. The molecule has 0 aromatic carbocycles. The molecule has 1 heterocycles. The van der Waals surface area contributed by atoms with E-state index in [2.05, 4.69) is 15.3 Å². The highest BCUT2D eigenvalue weighted by atomic mass is 35.5. The summed E-state index contributed by atoms with van der Waals surface area (Å²) in [6.45, 7) is 1.07. The zero-order valence-electron chi connectivity index (χ0n) is 9.95. The minimum absolute atomic E-state index is 0.267. The van der Waals surface area contributed by atoms with E-state index < -0.39 is 0 Å². The minimum Gasteiger partial charge on any atom is -0.490 e. The van der Waals surface area contributed by atoms with Gasteiger partial charge in [-0.05, 0) is 12.8 Å². The first-order valence-corrected chi connectivity index (χ1v) is 6.06. The van der Waals surface area contributed by atoms with Gasteiger partial charge in [-0.15, -0.1) is 0 Å². The zero-order chi connectivity index (χ0) is 12.5. The van der Waals surface area contributed by atoms with Crippen molar-refractivity contribution in [3.05, 3.63) is 11.5 Å². The summed E-state index contributed by atoms with van der Waals surface area (Å²) in [5.74, 6) is 1.10. The van der Waals surface area contributed by atoms with Gasteiger partial charge in [0.15, 0.2) is 16.7 Å². The average Bonchev–Trinajstić information content (AvgIpc) is 2.34. The lowest BCUT2D eigenvalue weighted by Gasteiger charge is -2.10. The number of rotatable bonds is 8. The van der Waals surface area contributed by atoms with E-state index in [4.69, 9.17) is 21.4 Å². The second-order valence-corrected chi connectivity index (χ2v) is 3.97. The molecule has 0 fully saturated rings. The highest BCUT2D eigenvalue weighted by molar-refractivity contribution is 6.31. The van der Waals surface area contributed by atoms with Crippen LogP contribution in [0.25, 0.3) is 0 Å². The predicted molar refractivity (Wildman–Crippen MR) is 67.6 cm³/mol. The topological polar surface area (TPSA) is 67.3 Å². The van der Waals surface area contributed by atoms with Crippen molar-refractivity contribution in [2.45, 2.75) is 25.7 Å². The first-order valence-electron chi connectivity index (χ1n) is 5.68. The standard InChI is InChI=1S/C11H18ClN3O2/c1-17-9-10(12)14-8-15-11(9)13-6-4-2-3-5-7-16/h8,16H,2-7H2,1H3,(H,13,14,15). The molecule has 0 saturated heterocycles. The molecule has 0 amide bonds. The number of methoxy groups -OCH3 is 1. The van der Waals surface area contributed by atoms with Crippen LogP contribution in [0.2, 0.25) is 5.15 Å². The Morgan fingerprint density at radius 1 is 1.29 bits per heavy atom. The van der Waals surface area contributed by atoms with Crippen molar-refractivity contribution < 1.29 is 9.84 Å². The second kappa shape index (κ2) is 8.08. The summed E-state index contributed by atoms with van der Waals surface area (Å²) in [7, 11) is 1.54. The lowest BCUT2D eigenvalue weighted by atomic mass is 10.2. The first kappa shape index (κ1) is 14.0. The van der Waals surface area contributed by atoms with E-state index >= 15 is 0 Å². The molecule has 0 bridgehead atoms. The fraction of sp³-hybridized carbons (Fsp3) is 0.636. The van der Waals surface area contributed by atoms with Crippen LogP contribution in [0.1, 0.15) is 25.7 Å². The Morgan fingerprint density at radius 2 is 2.06 bits per heavy atom. The van der Waals surface area contributed by atoms with Gasteiger partial charge in [0.2, 0.25) is 0 Å². The fourth-order valence-corrected chi connectivity index (χ4v) is 1.67. The Kier molecular flexibility index (Phi) is 6.65. The summed E-state index contributed by atoms with van der Waals surface area (Å²) in [6.07, 6.45) is 5.40. The lowest BCUT2D eigenvalue weighted by Crippen LogP contribution is -2.06. The summed E-state index contributed by atoms with van der Waals surface area (Å²) in [6, 6.07) is 0. The highest BCUT2D eigenvalue weighted by Gasteiger charge is 2.08. The van der Waals surface area contributed by atoms with Gasteiger partial charge >= 0.3 is 0 Å². The van der Waals surface area contributed by atoms with Crippen LogP contribution < -0.4 is 10.1 Å². The molecule has 1 aromatic heterocycles. The normalized spacial score (nSPS) is 10.3. The fourth-order valence-electron chi connectivity index (χ4n) is 1.46. The molecule has 0 radical (unpaired) electrons. The van der Waals surface area contributed by atoms with Crippen molar-refractivity contribution >= 4 is 17.4 Å². The van der Waals surface area contributed by atoms with Crippen LogP contribution in [0.5, 0.6) is 5.75 Å². The zero-order valence-corrected chi connectivity index (χ0v) is 10.7. The molecule has 6 heteroatoms. The molecule has 0 atom stereocenters. The van der Waals surface area contributed by atoms with Gasteiger partial charge in [-0.3, -0.25) is 0 Å². The van der Waals surface area contributed by atoms with E-state index in [1.165, 1.54) is 13.4 Å². The third kappa shape index (κ3) is 4.75. The van der Waals surface area contributed by atoms with Crippen molar-refractivity contribution in [1.82, 2.24) is 9.97 Å². The number of aliphatic hydroxyl groups excluding tert-OH is 1. The van der Waals surface area contributed by atoms with E-state index in [9.17, 15) is 0 Å². The first-order chi connectivity index (χ1) is 8.29. The Labute approximate surface area is 106 Å². The van der Waals surface area contributed by atoms with E-state index in [-0.39, 0.29) is 6.61 Å². The Bertz CT molecular complexity index is 336. The van der Waals surface area contributed by atoms with Crippen molar-refractivity contribution in [3.8, 4) is 5.75 Å². The Balaban J connectivity index is 2.33. The van der Waals surface area contributed by atoms with E-state index in [0.717, 1.165) is 32.2 Å². The third-order valence-electron chi connectivity index (χ3n) is 2.34. The van der Waals surface area contributed by atoms with Crippen LogP contribution in [0, 0.1) is 0 Å². The number of unbranched alkanes of at least 4 members (excludes halogenated alkanes) is 3. The predicted octanol–water partition coefficient (Wildman–Crippen LogP) is 2.10. The van der Waals surface area contributed by atoms with Crippen LogP contribution in [0.3, 0.4) is 0 Å². The number of nitrogens with zero attached hydrogens (tertiary/aromatic N) is 2. The molecule has 2 N–H and O–H groups in total. The van der Waals surface area contributed by atoms with Crippen molar-refractivity contribution in [3.63, 3.8) is 0 Å². The van der Waals surface area contributed by atoms with Crippen LogP contribution in [-0.4, -0.2) is 35.3 Å². The van der Waals surface area contributed by atoms with Crippen LogP contribution in [0.4, 0.5) is 5.82 Å². The number of nitrogens with one attached hydrogen (secondary N) is 1. The molecular formula is C11H18ClN3O2. The number of hydrogen-bond donors (Lipinski definition) is 2. The Morgan fingerprint density at radius 3 is 2.76 bits per heavy atom. The molecular weight excluding hydrogens is 242 g/mol. The number of anilines is 1. The molecule has 0 aliphatic heterocycles. The van der Waals surface area contributed by atoms with Gasteiger partial charge in [-0.1, -0.05) is 24.4 Å². The molecule has 17 heavy (non-hydrogen) atoms. The Hall–Kier alpha value is -1.07. The monoisotopic (exact) mass is 259 g/mol. The number of ether oxygens (including phenoxy) is 1. The largest absolute Gasteiger partial charge is 0.490 e. The summed E-state index contributed by atoms with van der Waals surface area (Å²) >= 11 is 5.87. The lowest BCUT2D eigenvalue weighted by molar-refractivity contribution is 0.283. The van der Waals surface area contributed by atoms with Gasteiger partial charge in [0.05, 0.1) is 7.11 Å². The quantitative estimate of drug-likeness (QED) is 0.553. The van der Waals surface area contributed by atoms with Crippen LogP contribution in [-0.2, 0) is 0 Å². The van der Waals surface area contributed by atoms with Crippen molar-refractivity contribution in [1.29, 1.82) is 0 Å². The SMILES string of the molecule is COc1c(Cl)ncnc1NCCCCCCO. The summed E-state index contributed by atoms with van der Waals surface area (Å²) in [5, 5.41) is 12.1. The highest BCUT2D eigenvalue weighted by Crippen LogP contribution is 2.28. The van der Waals surface area contributed by atoms with Gasteiger partial charge in [0.1, 0.15) is 6.33 Å². The van der Waals surface area contributed by atoms with Crippen molar-refractivity contribution in [2.24, 2.45) is 0 Å². The molecule has 0 aliphatic carbocycles. The molecule has 1 rings (SSSR count). The second-order valence-electron chi connectivity index (χ2n) is 3.61. The number of hydrogen-bond acceptors (Lipinski definition) is 5. The molecule has 1 aromatic rings. The molecule has 0 spiro atoms. The van der Waals surface area contributed by atoms with E-state index in [0.29, 0.717) is 16.7 Å². The van der Waals surface area contributed by atoms with E-state index in [1.54, 1.807) is 0 Å². The van der Waals surface area contributed by atoms with E-state index in [1.807, 2.05) is 0 Å². The maximum Gasteiger partial charge on any atom is 0.198 e. The van der Waals surface area contributed by atoms with Gasteiger partial charge < -0.3 is 15.2 Å². The van der Waals surface area contributed by atoms with Gasteiger partial charge in [-0.25, -0.2) is 9.97 Å². The van der Waals surface area contributed by atoms with Crippen molar-refractivity contribution in [2.75, 3.05) is 25.6 Å². The number of aliphatic hydroxyl groups is 1. The summed E-state index contributed by atoms with van der Waals surface area (Å²) in [4.78, 5) is 7.91.